The molecule has 0 aliphatic carbocycles. The Labute approximate surface area is 122 Å². The molecule has 4 N–H and O–H groups in total. The maximum absolute atomic E-state index is 12.1. The number of carbonyl (C=O) groups excluding carboxylic acids is 2. The Morgan fingerprint density at radius 2 is 1.90 bits per heavy atom. The number of benzene rings is 1. The number of rotatable bonds is 7. The van der Waals surface area contributed by atoms with Gasteiger partial charge in [-0.1, -0.05) is 18.2 Å². The average Bonchev–Trinajstić information content (AvgIpc) is 2.51. The van der Waals surface area contributed by atoms with E-state index in [1.54, 1.807) is 18.2 Å². The first kappa shape index (κ1) is 17.1. The van der Waals surface area contributed by atoms with Gasteiger partial charge in [0, 0.05) is 6.54 Å². The third-order valence-corrected chi connectivity index (χ3v) is 4.01. The molecule has 0 fully saturated rings. The number of hydrogen-bond acceptors (Lipinski definition) is 6. The van der Waals surface area contributed by atoms with E-state index in [4.69, 9.17) is 5.73 Å². The van der Waals surface area contributed by atoms with Gasteiger partial charge in [-0.15, -0.1) is 0 Å². The Kier molecular flexibility index (Phi) is 6.28. The van der Waals surface area contributed by atoms with Crippen molar-refractivity contribution >= 4 is 21.9 Å². The van der Waals surface area contributed by atoms with E-state index in [0.717, 1.165) is 7.11 Å². The summed E-state index contributed by atoms with van der Waals surface area (Å²) in [4.78, 5) is 22.7. The highest BCUT2D eigenvalue weighted by Crippen LogP contribution is 2.08. The first-order valence-electron chi connectivity index (χ1n) is 6.02. The predicted octanol–water partition coefficient (Wildman–Crippen LogP) is -1.42. The summed E-state index contributed by atoms with van der Waals surface area (Å²) < 4.78 is 30.9. The number of amides is 1. The smallest absolute Gasteiger partial charge is 0.325 e. The summed E-state index contributed by atoms with van der Waals surface area (Å²) in [6, 6.07) is 6.30. The Morgan fingerprint density at radius 3 is 2.43 bits per heavy atom. The first-order chi connectivity index (χ1) is 9.90. The quantitative estimate of drug-likeness (QED) is 0.530. The topological polar surface area (TPSA) is 128 Å². The van der Waals surface area contributed by atoms with E-state index in [-0.39, 0.29) is 18.0 Å². The second kappa shape index (κ2) is 7.72. The number of esters is 1. The van der Waals surface area contributed by atoms with E-state index >= 15 is 0 Å². The summed E-state index contributed by atoms with van der Waals surface area (Å²) >= 11 is 0. The van der Waals surface area contributed by atoms with Gasteiger partial charge in [-0.2, -0.15) is 4.72 Å². The van der Waals surface area contributed by atoms with Gasteiger partial charge in [0.25, 0.3) is 0 Å². The van der Waals surface area contributed by atoms with Crippen molar-refractivity contribution in [1.29, 1.82) is 0 Å². The van der Waals surface area contributed by atoms with Crippen LogP contribution in [0.3, 0.4) is 0 Å². The first-order valence-corrected chi connectivity index (χ1v) is 7.51. The third kappa shape index (κ3) is 5.14. The SMILES string of the molecule is COC(=O)C(CNC(=O)CN)NS(=O)(=O)c1ccccc1. The van der Waals surface area contributed by atoms with Crippen LogP contribution in [0.1, 0.15) is 0 Å². The number of carbonyl (C=O) groups is 2. The summed E-state index contributed by atoms with van der Waals surface area (Å²) in [5.41, 5.74) is 5.12. The van der Waals surface area contributed by atoms with Crippen LogP contribution in [0.4, 0.5) is 0 Å². The van der Waals surface area contributed by atoms with E-state index in [1.807, 2.05) is 0 Å². The van der Waals surface area contributed by atoms with Gasteiger partial charge < -0.3 is 15.8 Å². The molecular formula is C12H17N3O5S. The molecule has 0 aliphatic heterocycles. The lowest BCUT2D eigenvalue weighted by molar-refractivity contribution is -0.142. The number of methoxy groups -OCH3 is 1. The molecule has 1 amide bonds. The normalized spacial score (nSPS) is 12.5. The van der Waals surface area contributed by atoms with Crippen molar-refractivity contribution in [3.63, 3.8) is 0 Å². The van der Waals surface area contributed by atoms with Crippen LogP contribution in [0, 0.1) is 0 Å². The highest BCUT2D eigenvalue weighted by Gasteiger charge is 2.26. The molecule has 116 valence electrons. The van der Waals surface area contributed by atoms with Crippen LogP contribution >= 0.6 is 0 Å². The highest BCUT2D eigenvalue weighted by molar-refractivity contribution is 7.89. The molecular weight excluding hydrogens is 298 g/mol. The van der Waals surface area contributed by atoms with Crippen LogP contribution in [-0.4, -0.2) is 46.5 Å². The van der Waals surface area contributed by atoms with Crippen molar-refractivity contribution in [1.82, 2.24) is 10.0 Å². The largest absolute Gasteiger partial charge is 0.468 e. The molecule has 1 unspecified atom stereocenters. The number of nitrogens with two attached hydrogens (primary N) is 1. The molecule has 0 bridgehead atoms. The number of sulfonamides is 1. The molecule has 0 saturated heterocycles. The summed E-state index contributed by atoms with van der Waals surface area (Å²) in [5.74, 6) is -1.32. The minimum absolute atomic E-state index is 0.00375. The summed E-state index contributed by atoms with van der Waals surface area (Å²) in [6.07, 6.45) is 0. The average molecular weight is 315 g/mol. The second-order valence-electron chi connectivity index (χ2n) is 4.02. The van der Waals surface area contributed by atoms with Crippen LogP contribution in [0.15, 0.2) is 35.2 Å². The van der Waals surface area contributed by atoms with Crippen LogP contribution < -0.4 is 15.8 Å². The van der Waals surface area contributed by atoms with Gasteiger partial charge in [-0.25, -0.2) is 8.42 Å². The van der Waals surface area contributed by atoms with E-state index in [9.17, 15) is 18.0 Å². The number of hydrogen-bond donors (Lipinski definition) is 3. The summed E-state index contributed by atoms with van der Waals surface area (Å²) in [6.45, 7) is -0.520. The van der Waals surface area contributed by atoms with Crippen LogP contribution in [-0.2, 0) is 24.3 Å². The second-order valence-corrected chi connectivity index (χ2v) is 5.73. The molecule has 21 heavy (non-hydrogen) atoms. The van der Waals surface area contributed by atoms with Crippen molar-refractivity contribution in [3.05, 3.63) is 30.3 Å². The maximum atomic E-state index is 12.1. The molecule has 0 aromatic heterocycles. The Morgan fingerprint density at radius 1 is 1.29 bits per heavy atom. The Balaban J connectivity index is 2.85. The van der Waals surface area contributed by atoms with E-state index in [2.05, 4.69) is 14.8 Å². The molecule has 0 heterocycles. The van der Waals surface area contributed by atoms with Gasteiger partial charge in [0.05, 0.1) is 18.6 Å². The van der Waals surface area contributed by atoms with Gasteiger partial charge in [-0.3, -0.25) is 9.59 Å². The zero-order valence-electron chi connectivity index (χ0n) is 11.4. The molecule has 1 aromatic carbocycles. The van der Waals surface area contributed by atoms with E-state index in [1.165, 1.54) is 12.1 Å². The lowest BCUT2D eigenvalue weighted by Gasteiger charge is -2.17. The molecule has 9 heteroatoms. The molecule has 1 atom stereocenters. The van der Waals surface area contributed by atoms with Gasteiger partial charge in [0.1, 0.15) is 6.04 Å². The third-order valence-electron chi connectivity index (χ3n) is 2.53. The van der Waals surface area contributed by atoms with Crippen molar-refractivity contribution in [3.8, 4) is 0 Å². The van der Waals surface area contributed by atoms with Crippen molar-refractivity contribution in [2.75, 3.05) is 20.2 Å². The van der Waals surface area contributed by atoms with Gasteiger partial charge in [-0.05, 0) is 12.1 Å². The molecule has 1 aromatic rings. The minimum atomic E-state index is -3.90. The van der Waals surface area contributed by atoms with Crippen LogP contribution in [0.25, 0.3) is 0 Å². The van der Waals surface area contributed by atoms with Gasteiger partial charge >= 0.3 is 5.97 Å². The number of nitrogens with one attached hydrogen (secondary N) is 2. The Bertz CT molecular complexity index is 588. The maximum Gasteiger partial charge on any atom is 0.325 e. The zero-order valence-corrected chi connectivity index (χ0v) is 12.2. The molecule has 0 aliphatic rings. The van der Waals surface area contributed by atoms with Crippen LogP contribution in [0.5, 0.6) is 0 Å². The van der Waals surface area contributed by atoms with Crippen molar-refractivity contribution < 1.29 is 22.7 Å². The molecule has 0 radical (unpaired) electrons. The van der Waals surface area contributed by atoms with Gasteiger partial charge in [0.15, 0.2) is 0 Å². The van der Waals surface area contributed by atoms with E-state index < -0.39 is 27.9 Å². The fourth-order valence-corrected chi connectivity index (χ4v) is 2.66. The zero-order chi connectivity index (χ0) is 15.9. The number of ether oxygens (including phenoxy) is 1. The lowest BCUT2D eigenvalue weighted by Crippen LogP contribution is -2.49. The van der Waals surface area contributed by atoms with E-state index in [0.29, 0.717) is 0 Å². The Hall–Kier alpha value is -1.97. The van der Waals surface area contributed by atoms with Crippen molar-refractivity contribution in [2.45, 2.75) is 10.9 Å². The van der Waals surface area contributed by atoms with Crippen molar-refractivity contribution in [2.24, 2.45) is 5.73 Å². The summed E-state index contributed by atoms with van der Waals surface area (Å²) in [5, 5.41) is 2.33. The molecule has 1 rings (SSSR count). The molecule has 0 spiro atoms. The molecule has 0 saturated carbocycles. The van der Waals surface area contributed by atoms with Gasteiger partial charge in [0.2, 0.25) is 15.9 Å². The molecule has 8 nitrogen and oxygen atoms in total. The predicted molar refractivity (Wildman–Crippen MR) is 74.6 cm³/mol. The standard InChI is InChI=1S/C12H17N3O5S/c1-20-12(17)10(8-14-11(16)7-13)15-21(18,19)9-5-3-2-4-6-9/h2-6,10,15H,7-8,13H2,1H3,(H,14,16). The highest BCUT2D eigenvalue weighted by atomic mass is 32.2. The van der Waals surface area contributed by atoms with Crippen LogP contribution in [0.2, 0.25) is 0 Å². The monoisotopic (exact) mass is 315 g/mol. The lowest BCUT2D eigenvalue weighted by atomic mass is 10.3. The fraction of sp³-hybridized carbons (Fsp3) is 0.333. The minimum Gasteiger partial charge on any atom is -0.468 e. The summed E-state index contributed by atoms with van der Waals surface area (Å²) in [7, 11) is -2.78. The fourth-order valence-electron chi connectivity index (χ4n) is 1.46.